The fraction of sp³-hybridized carbons (Fsp3) is 0.444. The minimum atomic E-state index is -0.0753. The molecule has 0 amide bonds. The van der Waals surface area contributed by atoms with Crippen molar-refractivity contribution in [1.29, 1.82) is 0 Å². The molecule has 3 N–H and O–H groups in total. The summed E-state index contributed by atoms with van der Waals surface area (Å²) in [6, 6.07) is 1.99. The molecule has 0 aromatic carbocycles. The van der Waals surface area contributed by atoms with Crippen molar-refractivity contribution in [3.8, 4) is 0 Å². The number of rotatable bonds is 4. The monoisotopic (exact) mass is 291 g/mol. The van der Waals surface area contributed by atoms with Crippen LogP contribution < -0.4 is 5.73 Å². The summed E-state index contributed by atoms with van der Waals surface area (Å²) in [6.07, 6.45) is 0. The van der Waals surface area contributed by atoms with Gasteiger partial charge in [0.05, 0.1) is 9.83 Å². The SMILES string of the molecule is CC(C(N)=NO)N(C)Cc1csc(Br)c1. The number of oxime groups is 1. The lowest BCUT2D eigenvalue weighted by Gasteiger charge is -2.22. The first kappa shape index (κ1) is 12.5. The third-order valence-corrected chi connectivity index (χ3v) is 3.81. The van der Waals surface area contributed by atoms with Crippen LogP contribution in [0.2, 0.25) is 0 Å². The first-order valence-corrected chi connectivity index (χ1v) is 6.12. The summed E-state index contributed by atoms with van der Waals surface area (Å²) >= 11 is 5.06. The summed E-state index contributed by atoms with van der Waals surface area (Å²) in [6.45, 7) is 2.68. The van der Waals surface area contributed by atoms with Crippen LogP contribution in [0.1, 0.15) is 12.5 Å². The predicted molar refractivity (Wildman–Crippen MR) is 66.4 cm³/mol. The lowest BCUT2D eigenvalue weighted by atomic mass is 10.2. The molecule has 1 aromatic heterocycles. The first-order valence-electron chi connectivity index (χ1n) is 4.45. The molecular weight excluding hydrogens is 278 g/mol. The van der Waals surface area contributed by atoms with E-state index in [0.717, 1.165) is 10.3 Å². The van der Waals surface area contributed by atoms with Crippen LogP contribution in [0, 0.1) is 0 Å². The van der Waals surface area contributed by atoms with Crippen LogP contribution in [0.15, 0.2) is 20.4 Å². The lowest BCUT2D eigenvalue weighted by molar-refractivity contribution is 0.279. The molecule has 0 fully saturated rings. The van der Waals surface area contributed by atoms with E-state index in [4.69, 9.17) is 10.9 Å². The first-order chi connectivity index (χ1) is 7.04. The van der Waals surface area contributed by atoms with Gasteiger partial charge in [-0.2, -0.15) is 0 Å². The van der Waals surface area contributed by atoms with E-state index >= 15 is 0 Å². The number of nitrogens with zero attached hydrogens (tertiary/aromatic N) is 2. The van der Waals surface area contributed by atoms with E-state index in [9.17, 15) is 0 Å². The highest BCUT2D eigenvalue weighted by Crippen LogP contribution is 2.21. The second-order valence-corrected chi connectivity index (χ2v) is 5.67. The largest absolute Gasteiger partial charge is 0.409 e. The number of hydrogen-bond donors (Lipinski definition) is 2. The van der Waals surface area contributed by atoms with Crippen LogP contribution >= 0.6 is 27.3 Å². The van der Waals surface area contributed by atoms with Gasteiger partial charge < -0.3 is 10.9 Å². The second kappa shape index (κ2) is 5.48. The van der Waals surface area contributed by atoms with E-state index in [0.29, 0.717) is 0 Å². The molecule has 0 saturated carbocycles. The molecule has 84 valence electrons. The number of nitrogens with two attached hydrogens (primary N) is 1. The highest BCUT2D eigenvalue weighted by Gasteiger charge is 2.14. The molecule has 0 saturated heterocycles. The number of likely N-dealkylation sites (N-methyl/N-ethyl adjacent to an activating group) is 1. The van der Waals surface area contributed by atoms with Crippen molar-refractivity contribution >= 4 is 33.1 Å². The maximum Gasteiger partial charge on any atom is 0.156 e. The smallest absolute Gasteiger partial charge is 0.156 e. The van der Waals surface area contributed by atoms with Gasteiger partial charge in [0.2, 0.25) is 0 Å². The van der Waals surface area contributed by atoms with Gasteiger partial charge >= 0.3 is 0 Å². The topological polar surface area (TPSA) is 61.9 Å². The molecular formula is C9H14BrN3OS. The molecule has 0 aliphatic carbocycles. The minimum Gasteiger partial charge on any atom is -0.409 e. The normalized spacial score (nSPS) is 14.5. The second-order valence-electron chi connectivity index (χ2n) is 3.38. The Kier molecular flexibility index (Phi) is 4.56. The Bertz CT molecular complexity index is 353. The van der Waals surface area contributed by atoms with Gasteiger partial charge in [-0.1, -0.05) is 5.16 Å². The summed E-state index contributed by atoms with van der Waals surface area (Å²) in [5.74, 6) is 0.229. The fourth-order valence-corrected chi connectivity index (χ4v) is 2.36. The molecule has 15 heavy (non-hydrogen) atoms. The minimum absolute atomic E-state index is 0.0753. The van der Waals surface area contributed by atoms with Crippen molar-refractivity contribution in [2.75, 3.05) is 7.05 Å². The number of halogens is 1. The standard InChI is InChI=1S/C9H14BrN3OS/c1-6(9(11)12-14)13(2)4-7-3-8(10)15-5-7/h3,5-6,14H,4H2,1-2H3,(H2,11,12). The van der Waals surface area contributed by atoms with Crippen LogP contribution in [0.3, 0.4) is 0 Å². The van der Waals surface area contributed by atoms with Crippen molar-refractivity contribution in [3.63, 3.8) is 0 Å². The van der Waals surface area contributed by atoms with E-state index in [1.165, 1.54) is 5.56 Å². The van der Waals surface area contributed by atoms with Crippen molar-refractivity contribution in [1.82, 2.24) is 4.90 Å². The fourth-order valence-electron chi connectivity index (χ4n) is 1.16. The Labute approximate surface area is 102 Å². The van der Waals surface area contributed by atoms with E-state index < -0.39 is 0 Å². The third kappa shape index (κ3) is 3.48. The third-order valence-electron chi connectivity index (χ3n) is 2.26. The highest BCUT2D eigenvalue weighted by atomic mass is 79.9. The van der Waals surface area contributed by atoms with E-state index in [1.54, 1.807) is 11.3 Å². The molecule has 4 nitrogen and oxygen atoms in total. The van der Waals surface area contributed by atoms with Gasteiger partial charge in [-0.05, 0) is 46.9 Å². The Morgan fingerprint density at radius 3 is 2.93 bits per heavy atom. The van der Waals surface area contributed by atoms with Crippen molar-refractivity contribution in [2.24, 2.45) is 10.9 Å². The van der Waals surface area contributed by atoms with Gasteiger partial charge in [-0.3, -0.25) is 4.90 Å². The molecule has 1 rings (SSSR count). The average molecular weight is 292 g/mol. The van der Waals surface area contributed by atoms with Crippen molar-refractivity contribution in [2.45, 2.75) is 19.5 Å². The van der Waals surface area contributed by atoms with Gasteiger partial charge in [0.1, 0.15) is 0 Å². The number of thiophene rings is 1. The van der Waals surface area contributed by atoms with Gasteiger partial charge in [0, 0.05) is 6.54 Å². The Morgan fingerprint density at radius 2 is 2.47 bits per heavy atom. The van der Waals surface area contributed by atoms with Crippen molar-refractivity contribution < 1.29 is 5.21 Å². The molecule has 0 aliphatic rings. The predicted octanol–water partition coefficient (Wildman–Crippen LogP) is 2.08. The Balaban J connectivity index is 2.59. The maximum atomic E-state index is 8.56. The van der Waals surface area contributed by atoms with Crippen LogP contribution in [0.4, 0.5) is 0 Å². The summed E-state index contributed by atoms with van der Waals surface area (Å²) in [5, 5.41) is 13.6. The van der Waals surface area contributed by atoms with Gasteiger partial charge in [0.15, 0.2) is 5.84 Å². The average Bonchev–Trinajstić information content (AvgIpc) is 2.61. The number of hydrogen-bond acceptors (Lipinski definition) is 4. The summed E-state index contributed by atoms with van der Waals surface area (Å²) in [7, 11) is 1.94. The van der Waals surface area contributed by atoms with Gasteiger partial charge in [-0.25, -0.2) is 0 Å². The summed E-state index contributed by atoms with van der Waals surface area (Å²) in [5.41, 5.74) is 6.74. The Hall–Kier alpha value is -0.590. The molecule has 1 aromatic rings. The molecule has 1 heterocycles. The molecule has 0 aliphatic heterocycles. The van der Waals surface area contributed by atoms with Crippen LogP contribution in [0.25, 0.3) is 0 Å². The molecule has 0 bridgehead atoms. The van der Waals surface area contributed by atoms with E-state index in [-0.39, 0.29) is 11.9 Å². The quantitative estimate of drug-likeness (QED) is 0.386. The van der Waals surface area contributed by atoms with Crippen LogP contribution in [-0.4, -0.2) is 29.0 Å². The number of amidine groups is 1. The van der Waals surface area contributed by atoms with E-state index in [1.807, 2.05) is 18.9 Å². The lowest BCUT2D eigenvalue weighted by Crippen LogP contribution is -2.39. The summed E-state index contributed by atoms with van der Waals surface area (Å²) < 4.78 is 1.11. The molecule has 1 atom stereocenters. The molecule has 6 heteroatoms. The molecule has 0 radical (unpaired) electrons. The summed E-state index contributed by atoms with van der Waals surface area (Å²) in [4.78, 5) is 2.02. The van der Waals surface area contributed by atoms with Gasteiger partial charge in [0.25, 0.3) is 0 Å². The van der Waals surface area contributed by atoms with Crippen LogP contribution in [0.5, 0.6) is 0 Å². The van der Waals surface area contributed by atoms with Crippen molar-refractivity contribution in [3.05, 3.63) is 20.8 Å². The molecule has 1 unspecified atom stereocenters. The maximum absolute atomic E-state index is 8.56. The van der Waals surface area contributed by atoms with Crippen LogP contribution in [-0.2, 0) is 6.54 Å². The van der Waals surface area contributed by atoms with Gasteiger partial charge in [-0.15, -0.1) is 11.3 Å². The molecule has 0 spiro atoms. The Morgan fingerprint density at radius 1 is 1.80 bits per heavy atom. The van der Waals surface area contributed by atoms with E-state index in [2.05, 4.69) is 32.5 Å². The zero-order chi connectivity index (χ0) is 11.4. The zero-order valence-corrected chi connectivity index (χ0v) is 11.0. The zero-order valence-electron chi connectivity index (χ0n) is 8.64. The highest BCUT2D eigenvalue weighted by molar-refractivity contribution is 9.11.